The molecule has 5 heteroatoms. The van der Waals surface area contributed by atoms with Crippen molar-refractivity contribution in [3.8, 4) is 11.5 Å². The topological polar surface area (TPSA) is 65.5 Å². The van der Waals surface area contributed by atoms with Gasteiger partial charge in [-0.1, -0.05) is 30.3 Å². The van der Waals surface area contributed by atoms with Crippen LogP contribution in [0, 0.1) is 6.92 Å². The molecule has 0 atom stereocenters. The number of fused-ring (bicyclic) bond motifs is 1. The number of aromatic nitrogens is 1. The molecule has 5 nitrogen and oxygen atoms in total. The minimum absolute atomic E-state index is 0.198. The fourth-order valence-electron chi connectivity index (χ4n) is 3.03. The Labute approximate surface area is 167 Å². The molecule has 3 aromatic rings. The minimum Gasteiger partial charge on any atom is -0.452 e. The molecule has 1 aliphatic rings. The van der Waals surface area contributed by atoms with Gasteiger partial charge in [0, 0.05) is 24.5 Å². The van der Waals surface area contributed by atoms with E-state index in [1.807, 2.05) is 30.3 Å². The zero-order valence-corrected chi connectivity index (χ0v) is 15.7. The standard InChI is InChI=1S/C24H17NO4/c1-16-13-19(28-22(26)8-7-17-5-3-2-4-6-17)15-20-23(16)24(27)21(29-20)14-18-9-11-25-12-10-18/h2-15H,1H3/b8-7+,21-14-. The van der Waals surface area contributed by atoms with Crippen LogP contribution in [0.2, 0.25) is 0 Å². The molecule has 0 spiro atoms. The number of carbonyl (C=O) groups is 2. The second-order valence-electron chi connectivity index (χ2n) is 6.50. The first-order chi connectivity index (χ1) is 14.1. The molecule has 1 aliphatic heterocycles. The first-order valence-corrected chi connectivity index (χ1v) is 9.04. The Balaban J connectivity index is 1.53. The summed E-state index contributed by atoms with van der Waals surface area (Å²) in [5.41, 5.74) is 2.87. The van der Waals surface area contributed by atoms with Crippen molar-refractivity contribution in [2.24, 2.45) is 0 Å². The van der Waals surface area contributed by atoms with Crippen LogP contribution in [0.25, 0.3) is 12.2 Å². The lowest BCUT2D eigenvalue weighted by Crippen LogP contribution is -2.04. The van der Waals surface area contributed by atoms with Gasteiger partial charge in [0.1, 0.15) is 11.5 Å². The van der Waals surface area contributed by atoms with Crippen LogP contribution in [-0.2, 0) is 4.79 Å². The first kappa shape index (κ1) is 18.4. The van der Waals surface area contributed by atoms with Gasteiger partial charge in [0.2, 0.25) is 5.78 Å². The Kier molecular flexibility index (Phi) is 5.03. The van der Waals surface area contributed by atoms with E-state index in [-0.39, 0.29) is 11.5 Å². The van der Waals surface area contributed by atoms with Gasteiger partial charge >= 0.3 is 5.97 Å². The van der Waals surface area contributed by atoms with Crippen molar-refractivity contribution in [2.45, 2.75) is 6.92 Å². The summed E-state index contributed by atoms with van der Waals surface area (Å²) in [5, 5.41) is 0. The lowest BCUT2D eigenvalue weighted by atomic mass is 10.0. The van der Waals surface area contributed by atoms with Crippen molar-refractivity contribution < 1.29 is 19.1 Å². The predicted octanol–water partition coefficient (Wildman–Crippen LogP) is 4.63. The van der Waals surface area contributed by atoms with E-state index in [9.17, 15) is 9.59 Å². The molecule has 142 valence electrons. The van der Waals surface area contributed by atoms with Crippen molar-refractivity contribution in [3.05, 3.63) is 101 Å². The lowest BCUT2D eigenvalue weighted by Gasteiger charge is -2.06. The zero-order chi connectivity index (χ0) is 20.2. The van der Waals surface area contributed by atoms with E-state index in [1.165, 1.54) is 6.08 Å². The highest BCUT2D eigenvalue weighted by molar-refractivity contribution is 6.15. The second-order valence-corrected chi connectivity index (χ2v) is 6.50. The normalized spacial score (nSPS) is 14.1. The largest absolute Gasteiger partial charge is 0.452 e. The van der Waals surface area contributed by atoms with Crippen LogP contribution in [0.1, 0.15) is 27.0 Å². The molecule has 0 aliphatic carbocycles. The van der Waals surface area contributed by atoms with Gasteiger partial charge < -0.3 is 9.47 Å². The molecule has 0 N–H and O–H groups in total. The summed E-state index contributed by atoms with van der Waals surface area (Å²) in [4.78, 5) is 28.8. The number of rotatable bonds is 4. The molecule has 0 amide bonds. The van der Waals surface area contributed by atoms with E-state index < -0.39 is 5.97 Å². The molecule has 29 heavy (non-hydrogen) atoms. The molecule has 2 heterocycles. The van der Waals surface area contributed by atoms with Crippen LogP contribution >= 0.6 is 0 Å². The molecule has 0 fully saturated rings. The summed E-state index contributed by atoms with van der Waals surface area (Å²) < 4.78 is 11.1. The number of carbonyl (C=O) groups excluding carboxylic acids is 2. The summed E-state index contributed by atoms with van der Waals surface area (Å²) in [7, 11) is 0. The van der Waals surface area contributed by atoms with Crippen LogP contribution in [0.15, 0.2) is 78.8 Å². The number of ether oxygens (including phenoxy) is 2. The number of ketones is 1. The molecular weight excluding hydrogens is 366 g/mol. The quantitative estimate of drug-likeness (QED) is 0.373. The maximum absolute atomic E-state index is 12.7. The van der Waals surface area contributed by atoms with E-state index in [4.69, 9.17) is 9.47 Å². The number of hydrogen-bond acceptors (Lipinski definition) is 5. The average Bonchev–Trinajstić information content (AvgIpc) is 3.03. The first-order valence-electron chi connectivity index (χ1n) is 9.04. The van der Waals surface area contributed by atoms with Crippen LogP contribution in [0.5, 0.6) is 11.5 Å². The third kappa shape index (κ3) is 4.14. The van der Waals surface area contributed by atoms with Gasteiger partial charge in [-0.15, -0.1) is 0 Å². The Bertz CT molecular complexity index is 1130. The second kappa shape index (κ2) is 7.94. The molecule has 0 radical (unpaired) electrons. The Hall–Kier alpha value is -3.99. The molecule has 1 aromatic heterocycles. The number of pyridine rings is 1. The number of benzene rings is 2. The minimum atomic E-state index is -0.509. The van der Waals surface area contributed by atoms with Crippen LogP contribution in [0.4, 0.5) is 0 Å². The van der Waals surface area contributed by atoms with Crippen molar-refractivity contribution >= 4 is 23.9 Å². The third-order valence-corrected chi connectivity index (χ3v) is 4.38. The van der Waals surface area contributed by atoms with Crippen molar-refractivity contribution in [1.82, 2.24) is 4.98 Å². The van der Waals surface area contributed by atoms with Gasteiger partial charge in [0.05, 0.1) is 5.56 Å². The van der Waals surface area contributed by atoms with Crippen LogP contribution in [0.3, 0.4) is 0 Å². The Morgan fingerprint density at radius 2 is 1.79 bits per heavy atom. The number of hydrogen-bond donors (Lipinski definition) is 0. The molecule has 2 aromatic carbocycles. The summed E-state index contributed by atoms with van der Waals surface area (Å²) in [6.07, 6.45) is 7.99. The number of aryl methyl sites for hydroxylation is 1. The van der Waals surface area contributed by atoms with Gasteiger partial charge in [-0.3, -0.25) is 9.78 Å². The van der Waals surface area contributed by atoms with Crippen molar-refractivity contribution in [2.75, 3.05) is 0 Å². The fraction of sp³-hybridized carbons (Fsp3) is 0.0417. The predicted molar refractivity (Wildman–Crippen MR) is 109 cm³/mol. The van der Waals surface area contributed by atoms with Gasteiger partial charge in [-0.25, -0.2) is 4.79 Å². The SMILES string of the molecule is Cc1cc(OC(=O)/C=C/c2ccccc2)cc2c1C(=O)/C(=C/c1ccncc1)O2. The molecular formula is C24H17NO4. The van der Waals surface area contributed by atoms with Gasteiger partial charge in [-0.05, 0) is 54.0 Å². The highest BCUT2D eigenvalue weighted by atomic mass is 16.5. The van der Waals surface area contributed by atoms with Crippen LogP contribution in [-0.4, -0.2) is 16.7 Å². The van der Waals surface area contributed by atoms with Gasteiger partial charge in [-0.2, -0.15) is 0 Å². The van der Waals surface area contributed by atoms with Crippen molar-refractivity contribution in [1.29, 1.82) is 0 Å². The molecule has 0 bridgehead atoms. The smallest absolute Gasteiger partial charge is 0.336 e. The average molecular weight is 383 g/mol. The van der Waals surface area contributed by atoms with Gasteiger partial charge in [0.15, 0.2) is 5.76 Å². The van der Waals surface area contributed by atoms with E-state index in [2.05, 4.69) is 4.98 Å². The summed E-state index contributed by atoms with van der Waals surface area (Å²) in [6, 6.07) is 16.2. The molecule has 0 saturated heterocycles. The number of allylic oxidation sites excluding steroid dienone is 1. The maximum atomic E-state index is 12.7. The summed E-state index contributed by atoms with van der Waals surface area (Å²) >= 11 is 0. The van der Waals surface area contributed by atoms with E-state index in [1.54, 1.807) is 55.7 Å². The highest BCUT2D eigenvalue weighted by Gasteiger charge is 2.30. The Morgan fingerprint density at radius 3 is 2.55 bits per heavy atom. The fourth-order valence-corrected chi connectivity index (χ4v) is 3.03. The number of Topliss-reactive ketones (excluding diaryl/α,β-unsaturated/α-hetero) is 1. The number of esters is 1. The van der Waals surface area contributed by atoms with Gasteiger partial charge in [0.25, 0.3) is 0 Å². The number of nitrogens with zero attached hydrogens (tertiary/aromatic N) is 1. The van der Waals surface area contributed by atoms with Crippen molar-refractivity contribution in [3.63, 3.8) is 0 Å². The van der Waals surface area contributed by atoms with Crippen LogP contribution < -0.4 is 9.47 Å². The summed E-state index contributed by atoms with van der Waals surface area (Å²) in [5.74, 6) is 0.218. The van der Waals surface area contributed by atoms with E-state index in [0.717, 1.165) is 11.1 Å². The summed E-state index contributed by atoms with van der Waals surface area (Å²) in [6.45, 7) is 1.78. The molecule has 0 saturated carbocycles. The zero-order valence-electron chi connectivity index (χ0n) is 15.7. The van der Waals surface area contributed by atoms with E-state index >= 15 is 0 Å². The monoisotopic (exact) mass is 383 g/mol. The molecule has 4 rings (SSSR count). The highest BCUT2D eigenvalue weighted by Crippen LogP contribution is 2.37. The Morgan fingerprint density at radius 1 is 1.03 bits per heavy atom. The maximum Gasteiger partial charge on any atom is 0.336 e. The third-order valence-electron chi connectivity index (χ3n) is 4.38. The molecule has 0 unspecified atom stereocenters. The van der Waals surface area contributed by atoms with E-state index in [0.29, 0.717) is 22.6 Å². The lowest BCUT2D eigenvalue weighted by molar-refractivity contribution is -0.128.